The van der Waals surface area contributed by atoms with Crippen molar-refractivity contribution in [2.24, 2.45) is 5.73 Å². The summed E-state index contributed by atoms with van der Waals surface area (Å²) in [5, 5.41) is 8.42. The van der Waals surface area contributed by atoms with Gasteiger partial charge in [-0.1, -0.05) is 0 Å². The molecular formula is C7H15NO3. The fraction of sp³-hybridized carbons (Fsp3) is 0.857. The predicted octanol–water partition coefficient (Wildman–Crippen LogP) is -0.351. The number of unbranched alkanes of at least 4 members (excludes halogenated alkanes) is 1. The van der Waals surface area contributed by atoms with E-state index in [2.05, 4.69) is 4.74 Å². The summed E-state index contributed by atoms with van der Waals surface area (Å²) >= 11 is 0. The Morgan fingerprint density at radius 1 is 1.64 bits per heavy atom. The highest BCUT2D eigenvalue weighted by molar-refractivity contribution is 5.75. The molecule has 3 N–H and O–H groups in total. The Balaban J connectivity index is 3.36. The Morgan fingerprint density at radius 3 is 2.73 bits per heavy atom. The normalized spacial score (nSPS) is 12.6. The van der Waals surface area contributed by atoms with Crippen LogP contribution in [0.25, 0.3) is 0 Å². The van der Waals surface area contributed by atoms with Gasteiger partial charge in [-0.3, -0.25) is 4.79 Å². The van der Waals surface area contributed by atoms with Crippen LogP contribution >= 0.6 is 0 Å². The summed E-state index contributed by atoms with van der Waals surface area (Å²) in [4.78, 5) is 10.7. The minimum Gasteiger partial charge on any atom is -0.468 e. The van der Waals surface area contributed by atoms with E-state index >= 15 is 0 Å². The Labute approximate surface area is 66.3 Å². The van der Waals surface area contributed by atoms with Gasteiger partial charge in [0.15, 0.2) is 0 Å². The zero-order valence-corrected chi connectivity index (χ0v) is 6.75. The Hall–Kier alpha value is -0.610. The molecule has 0 bridgehead atoms. The molecule has 0 amide bonds. The van der Waals surface area contributed by atoms with E-state index in [-0.39, 0.29) is 12.6 Å². The number of carbonyl (C=O) groups excluding carboxylic acids is 1. The maximum Gasteiger partial charge on any atom is 0.322 e. The lowest BCUT2D eigenvalue weighted by atomic mass is 10.1. The molecule has 0 aliphatic heterocycles. The van der Waals surface area contributed by atoms with Gasteiger partial charge in [0.2, 0.25) is 0 Å². The van der Waals surface area contributed by atoms with E-state index in [1.54, 1.807) is 0 Å². The van der Waals surface area contributed by atoms with Crippen molar-refractivity contribution in [1.29, 1.82) is 0 Å². The summed E-state index contributed by atoms with van der Waals surface area (Å²) in [5.74, 6) is -0.386. The molecule has 0 fully saturated rings. The van der Waals surface area contributed by atoms with Crippen molar-refractivity contribution in [2.45, 2.75) is 25.3 Å². The molecule has 0 rings (SSSR count). The fourth-order valence-corrected chi connectivity index (χ4v) is 0.745. The van der Waals surface area contributed by atoms with Crippen LogP contribution in [0.3, 0.4) is 0 Å². The number of aliphatic hydroxyl groups excluding tert-OH is 1. The maximum absolute atomic E-state index is 10.7. The van der Waals surface area contributed by atoms with E-state index in [1.807, 2.05) is 0 Å². The average Bonchev–Trinajstić information content (AvgIpc) is 2.03. The van der Waals surface area contributed by atoms with Crippen molar-refractivity contribution in [1.82, 2.24) is 0 Å². The van der Waals surface area contributed by atoms with Gasteiger partial charge in [-0.25, -0.2) is 0 Å². The second-order valence-corrected chi connectivity index (χ2v) is 2.35. The Bertz CT molecular complexity index is 116. The molecule has 0 aromatic carbocycles. The SMILES string of the molecule is COC(=O)C(N)CCCCO. The third-order valence-electron chi connectivity index (χ3n) is 1.43. The van der Waals surface area contributed by atoms with Crippen LogP contribution in [-0.2, 0) is 9.53 Å². The van der Waals surface area contributed by atoms with Gasteiger partial charge in [-0.15, -0.1) is 0 Å². The van der Waals surface area contributed by atoms with E-state index in [0.717, 1.165) is 6.42 Å². The molecule has 66 valence electrons. The number of hydrogen-bond donors (Lipinski definition) is 2. The number of nitrogens with two attached hydrogens (primary N) is 1. The molecule has 0 spiro atoms. The van der Waals surface area contributed by atoms with Crippen molar-refractivity contribution in [3.63, 3.8) is 0 Å². The van der Waals surface area contributed by atoms with Crippen molar-refractivity contribution >= 4 is 5.97 Å². The van der Waals surface area contributed by atoms with Gasteiger partial charge >= 0.3 is 5.97 Å². The number of esters is 1. The van der Waals surface area contributed by atoms with Gasteiger partial charge in [0, 0.05) is 6.61 Å². The van der Waals surface area contributed by atoms with Gasteiger partial charge < -0.3 is 15.6 Å². The largest absolute Gasteiger partial charge is 0.468 e. The molecule has 0 saturated carbocycles. The number of rotatable bonds is 5. The number of hydrogen-bond acceptors (Lipinski definition) is 4. The maximum atomic E-state index is 10.7. The molecule has 4 heteroatoms. The first kappa shape index (κ1) is 10.4. The molecule has 0 radical (unpaired) electrons. The molecule has 0 heterocycles. The van der Waals surface area contributed by atoms with Gasteiger partial charge in [-0.05, 0) is 19.3 Å². The minimum atomic E-state index is -0.536. The second kappa shape index (κ2) is 6.12. The van der Waals surface area contributed by atoms with Gasteiger partial charge in [0.05, 0.1) is 7.11 Å². The van der Waals surface area contributed by atoms with Crippen molar-refractivity contribution < 1.29 is 14.6 Å². The Morgan fingerprint density at radius 2 is 2.27 bits per heavy atom. The lowest BCUT2D eigenvalue weighted by Crippen LogP contribution is -2.31. The number of methoxy groups -OCH3 is 1. The highest BCUT2D eigenvalue weighted by atomic mass is 16.5. The van der Waals surface area contributed by atoms with Crippen LogP contribution in [0.1, 0.15) is 19.3 Å². The van der Waals surface area contributed by atoms with Crippen LogP contribution in [0.15, 0.2) is 0 Å². The number of ether oxygens (including phenoxy) is 1. The highest BCUT2D eigenvalue weighted by Crippen LogP contribution is 1.99. The lowest BCUT2D eigenvalue weighted by Gasteiger charge is -2.07. The second-order valence-electron chi connectivity index (χ2n) is 2.35. The van der Waals surface area contributed by atoms with Crippen LogP contribution in [0.5, 0.6) is 0 Å². The molecule has 0 aliphatic carbocycles. The van der Waals surface area contributed by atoms with E-state index in [4.69, 9.17) is 10.8 Å². The summed E-state index contributed by atoms with van der Waals surface area (Å²) in [5.41, 5.74) is 5.41. The summed E-state index contributed by atoms with van der Waals surface area (Å²) in [6.07, 6.45) is 2.02. The molecule has 4 nitrogen and oxygen atoms in total. The van der Waals surface area contributed by atoms with Crippen LogP contribution < -0.4 is 5.73 Å². The van der Waals surface area contributed by atoms with E-state index in [1.165, 1.54) is 7.11 Å². The third kappa shape index (κ3) is 4.75. The highest BCUT2D eigenvalue weighted by Gasteiger charge is 2.11. The lowest BCUT2D eigenvalue weighted by molar-refractivity contribution is -0.142. The molecular weight excluding hydrogens is 146 g/mol. The quantitative estimate of drug-likeness (QED) is 0.427. The molecule has 0 aromatic heterocycles. The molecule has 11 heavy (non-hydrogen) atoms. The minimum absolute atomic E-state index is 0.147. The summed E-state index contributed by atoms with van der Waals surface area (Å²) < 4.78 is 4.42. The van der Waals surface area contributed by atoms with E-state index < -0.39 is 6.04 Å². The first-order valence-electron chi connectivity index (χ1n) is 3.66. The van der Waals surface area contributed by atoms with Crippen molar-refractivity contribution in [3.05, 3.63) is 0 Å². The Kier molecular flexibility index (Phi) is 5.78. The molecule has 0 aliphatic rings. The van der Waals surface area contributed by atoms with E-state index in [9.17, 15) is 4.79 Å². The molecule has 1 atom stereocenters. The van der Waals surface area contributed by atoms with Gasteiger partial charge in [0.1, 0.15) is 6.04 Å². The van der Waals surface area contributed by atoms with Crippen LogP contribution in [0.4, 0.5) is 0 Å². The van der Waals surface area contributed by atoms with Crippen LogP contribution in [0.2, 0.25) is 0 Å². The average molecular weight is 161 g/mol. The number of carbonyl (C=O) groups is 1. The third-order valence-corrected chi connectivity index (χ3v) is 1.43. The molecule has 1 unspecified atom stereocenters. The summed E-state index contributed by atoms with van der Waals surface area (Å²) in [6.45, 7) is 0.147. The van der Waals surface area contributed by atoms with Crippen molar-refractivity contribution in [3.8, 4) is 0 Å². The zero-order valence-electron chi connectivity index (χ0n) is 6.75. The van der Waals surface area contributed by atoms with Crippen LogP contribution in [-0.4, -0.2) is 30.8 Å². The van der Waals surface area contributed by atoms with Gasteiger partial charge in [-0.2, -0.15) is 0 Å². The van der Waals surface area contributed by atoms with Crippen molar-refractivity contribution in [2.75, 3.05) is 13.7 Å². The summed E-state index contributed by atoms with van der Waals surface area (Å²) in [6, 6.07) is -0.536. The smallest absolute Gasteiger partial charge is 0.322 e. The predicted molar refractivity (Wildman–Crippen MR) is 40.9 cm³/mol. The standard InChI is InChI=1S/C7H15NO3/c1-11-7(10)6(8)4-2-3-5-9/h6,9H,2-5,8H2,1H3. The topological polar surface area (TPSA) is 72.5 Å². The van der Waals surface area contributed by atoms with E-state index in [0.29, 0.717) is 12.8 Å². The fourth-order valence-electron chi connectivity index (χ4n) is 0.745. The monoisotopic (exact) mass is 161 g/mol. The molecule has 0 aromatic rings. The first-order chi connectivity index (χ1) is 5.22. The first-order valence-corrected chi connectivity index (χ1v) is 3.66. The molecule has 0 saturated heterocycles. The van der Waals surface area contributed by atoms with Crippen LogP contribution in [0, 0.1) is 0 Å². The number of aliphatic hydroxyl groups is 1. The van der Waals surface area contributed by atoms with Gasteiger partial charge in [0.25, 0.3) is 0 Å². The zero-order chi connectivity index (χ0) is 8.69. The summed E-state index contributed by atoms with van der Waals surface area (Å²) in [7, 11) is 1.31.